The number of piperidine rings is 1. The molecule has 0 radical (unpaired) electrons. The van der Waals surface area contributed by atoms with Crippen LogP contribution in [0.2, 0.25) is 0 Å². The lowest BCUT2D eigenvalue weighted by molar-refractivity contribution is -0.117. The molecule has 6 heteroatoms. The van der Waals surface area contributed by atoms with E-state index in [2.05, 4.69) is 20.9 Å². The van der Waals surface area contributed by atoms with Crippen LogP contribution in [-0.2, 0) is 4.79 Å². The van der Waals surface area contributed by atoms with Gasteiger partial charge in [-0.15, -0.1) is 0 Å². The van der Waals surface area contributed by atoms with Crippen molar-refractivity contribution in [3.8, 4) is 0 Å². The van der Waals surface area contributed by atoms with E-state index in [9.17, 15) is 9.59 Å². The van der Waals surface area contributed by atoms with E-state index in [1.165, 1.54) is 6.42 Å². The average molecular weight is 429 g/mol. The van der Waals surface area contributed by atoms with Crippen LogP contribution in [0.4, 0.5) is 5.69 Å². The minimum Gasteiger partial charge on any atom is -0.352 e. The summed E-state index contributed by atoms with van der Waals surface area (Å²) in [6.07, 6.45) is 6.73. The Morgan fingerprint density at radius 1 is 1.06 bits per heavy atom. The molecule has 1 saturated carbocycles. The van der Waals surface area contributed by atoms with Crippen molar-refractivity contribution in [2.45, 2.75) is 25.2 Å². The first-order valence-corrected chi connectivity index (χ1v) is 11.4. The third-order valence-corrected chi connectivity index (χ3v) is 6.59. The molecule has 3 N–H and O–H groups in total. The summed E-state index contributed by atoms with van der Waals surface area (Å²) in [6, 6.07) is 15.5. The zero-order valence-corrected chi connectivity index (χ0v) is 18.0. The lowest BCUT2D eigenvalue weighted by atomic mass is 9.99. The molecule has 1 unspecified atom stereocenters. The maximum absolute atomic E-state index is 12.7. The van der Waals surface area contributed by atoms with Gasteiger partial charge < -0.3 is 16.0 Å². The highest BCUT2D eigenvalue weighted by atomic mass is 16.2. The third-order valence-electron chi connectivity index (χ3n) is 6.59. The molecule has 2 amide bonds. The Kier molecular flexibility index (Phi) is 5.86. The van der Waals surface area contributed by atoms with Gasteiger partial charge in [-0.05, 0) is 85.5 Å². The number of fused-ring (bicyclic) bond motifs is 1. The Bertz CT molecular complexity index is 1120. The van der Waals surface area contributed by atoms with Gasteiger partial charge in [0.15, 0.2) is 0 Å². The fourth-order valence-corrected chi connectivity index (χ4v) is 4.57. The highest BCUT2D eigenvalue weighted by molar-refractivity contribution is 5.97. The SMILES string of the molecule is O=C(NC[C@@H]1CCCNC1)c1ccc(C2C[C@H]2C(=O)Nc2ccc3cnccc3c2)cc1. The highest BCUT2D eigenvalue weighted by Gasteiger charge is 2.43. The normalized spacial score (nSPS) is 22.3. The number of benzene rings is 2. The van der Waals surface area contributed by atoms with Gasteiger partial charge in [0.1, 0.15) is 0 Å². The molecule has 5 rings (SSSR count). The van der Waals surface area contributed by atoms with Crippen LogP contribution in [-0.4, -0.2) is 36.4 Å². The monoisotopic (exact) mass is 428 g/mol. The number of rotatable bonds is 6. The molecule has 32 heavy (non-hydrogen) atoms. The summed E-state index contributed by atoms with van der Waals surface area (Å²) in [5.41, 5.74) is 2.59. The molecule has 2 fully saturated rings. The number of aromatic nitrogens is 1. The van der Waals surface area contributed by atoms with E-state index in [1.54, 1.807) is 6.20 Å². The molecule has 6 nitrogen and oxygen atoms in total. The molecule has 2 aromatic carbocycles. The predicted molar refractivity (Wildman–Crippen MR) is 126 cm³/mol. The summed E-state index contributed by atoms with van der Waals surface area (Å²) in [5.74, 6) is 0.716. The molecule has 1 aromatic heterocycles. The topological polar surface area (TPSA) is 83.1 Å². The Morgan fingerprint density at radius 3 is 2.75 bits per heavy atom. The second kappa shape index (κ2) is 9.09. The fourth-order valence-electron chi connectivity index (χ4n) is 4.57. The summed E-state index contributed by atoms with van der Waals surface area (Å²) >= 11 is 0. The zero-order valence-electron chi connectivity index (χ0n) is 18.0. The van der Waals surface area contributed by atoms with Crippen molar-refractivity contribution in [3.63, 3.8) is 0 Å². The van der Waals surface area contributed by atoms with Crippen LogP contribution in [0.25, 0.3) is 10.8 Å². The number of nitrogens with zero attached hydrogens (tertiary/aromatic N) is 1. The molecule has 3 atom stereocenters. The standard InChI is InChI=1S/C26H28N4O2/c31-25(29-15-17-2-1-10-27-14-17)19-5-3-18(4-6-19)23-13-24(23)26(32)30-22-8-7-21-16-28-11-9-20(21)12-22/h3-9,11-12,16-17,23-24,27H,1-2,10,13-15H2,(H,29,31)(H,30,32)/t17-,23?,24-/m1/s1. The van der Waals surface area contributed by atoms with Crippen molar-refractivity contribution in [3.05, 3.63) is 72.1 Å². The second-order valence-corrected chi connectivity index (χ2v) is 8.92. The number of amides is 2. The largest absolute Gasteiger partial charge is 0.352 e. The van der Waals surface area contributed by atoms with E-state index in [4.69, 9.17) is 0 Å². The van der Waals surface area contributed by atoms with Gasteiger partial charge in [0.2, 0.25) is 5.91 Å². The van der Waals surface area contributed by atoms with Crippen molar-refractivity contribution in [1.29, 1.82) is 0 Å². The Morgan fingerprint density at radius 2 is 1.94 bits per heavy atom. The van der Waals surface area contributed by atoms with Gasteiger partial charge in [0.05, 0.1) is 0 Å². The molecule has 1 saturated heterocycles. The molecule has 0 spiro atoms. The van der Waals surface area contributed by atoms with Gasteiger partial charge in [-0.2, -0.15) is 0 Å². The van der Waals surface area contributed by atoms with E-state index >= 15 is 0 Å². The number of anilines is 1. The number of carbonyl (C=O) groups is 2. The Balaban J connectivity index is 1.14. The number of pyridine rings is 1. The van der Waals surface area contributed by atoms with E-state index in [1.807, 2.05) is 54.7 Å². The van der Waals surface area contributed by atoms with Crippen molar-refractivity contribution >= 4 is 28.3 Å². The molecule has 1 aliphatic heterocycles. The minimum atomic E-state index is -0.0290. The van der Waals surface area contributed by atoms with Crippen LogP contribution in [0, 0.1) is 11.8 Å². The zero-order chi connectivity index (χ0) is 21.9. The van der Waals surface area contributed by atoms with Crippen molar-refractivity contribution in [1.82, 2.24) is 15.6 Å². The highest BCUT2D eigenvalue weighted by Crippen LogP contribution is 2.48. The molecule has 2 aliphatic rings. The molecule has 3 aromatic rings. The van der Waals surface area contributed by atoms with Gasteiger partial charge >= 0.3 is 0 Å². The minimum absolute atomic E-state index is 0.0263. The number of carbonyl (C=O) groups excluding carboxylic acids is 2. The van der Waals surface area contributed by atoms with Crippen LogP contribution in [0.3, 0.4) is 0 Å². The van der Waals surface area contributed by atoms with Crippen molar-refractivity contribution < 1.29 is 9.59 Å². The van der Waals surface area contributed by atoms with Crippen molar-refractivity contribution in [2.75, 3.05) is 25.0 Å². The van der Waals surface area contributed by atoms with Gasteiger partial charge in [0, 0.05) is 41.5 Å². The lowest BCUT2D eigenvalue weighted by Crippen LogP contribution is -2.38. The van der Waals surface area contributed by atoms with Crippen LogP contribution in [0.1, 0.15) is 41.1 Å². The third kappa shape index (κ3) is 4.65. The molecular formula is C26H28N4O2. The van der Waals surface area contributed by atoms with E-state index in [0.717, 1.165) is 48.0 Å². The second-order valence-electron chi connectivity index (χ2n) is 8.92. The van der Waals surface area contributed by atoms with Crippen LogP contribution >= 0.6 is 0 Å². The lowest BCUT2D eigenvalue weighted by Gasteiger charge is -2.22. The molecular weight excluding hydrogens is 400 g/mol. The summed E-state index contributed by atoms with van der Waals surface area (Å²) in [6.45, 7) is 2.76. The smallest absolute Gasteiger partial charge is 0.251 e. The summed E-state index contributed by atoms with van der Waals surface area (Å²) in [7, 11) is 0. The summed E-state index contributed by atoms with van der Waals surface area (Å²) in [5, 5.41) is 11.6. The Hall–Kier alpha value is -3.25. The fraction of sp³-hybridized carbons (Fsp3) is 0.346. The van der Waals surface area contributed by atoms with Gasteiger partial charge in [-0.25, -0.2) is 0 Å². The first-order chi connectivity index (χ1) is 15.7. The maximum atomic E-state index is 12.7. The summed E-state index contributed by atoms with van der Waals surface area (Å²) in [4.78, 5) is 29.3. The average Bonchev–Trinajstić information content (AvgIpc) is 3.64. The maximum Gasteiger partial charge on any atom is 0.251 e. The first kappa shape index (κ1) is 20.6. The molecule has 164 valence electrons. The van der Waals surface area contributed by atoms with Crippen LogP contribution < -0.4 is 16.0 Å². The Labute approximate surface area is 187 Å². The van der Waals surface area contributed by atoms with Gasteiger partial charge in [-0.1, -0.05) is 18.2 Å². The van der Waals surface area contributed by atoms with Crippen LogP contribution in [0.5, 0.6) is 0 Å². The number of hydrogen-bond acceptors (Lipinski definition) is 4. The van der Waals surface area contributed by atoms with Gasteiger partial charge in [0.25, 0.3) is 5.91 Å². The van der Waals surface area contributed by atoms with Crippen molar-refractivity contribution in [2.24, 2.45) is 11.8 Å². The molecule has 2 heterocycles. The predicted octanol–water partition coefficient (Wildman–Crippen LogP) is 3.71. The number of nitrogens with one attached hydrogen (secondary N) is 3. The molecule has 1 aliphatic carbocycles. The molecule has 0 bridgehead atoms. The summed E-state index contributed by atoms with van der Waals surface area (Å²) < 4.78 is 0. The van der Waals surface area contributed by atoms with Crippen LogP contribution in [0.15, 0.2) is 60.9 Å². The van der Waals surface area contributed by atoms with E-state index < -0.39 is 0 Å². The van der Waals surface area contributed by atoms with Gasteiger partial charge in [-0.3, -0.25) is 14.6 Å². The quantitative estimate of drug-likeness (QED) is 0.559. The van der Waals surface area contributed by atoms with E-state index in [0.29, 0.717) is 18.0 Å². The van der Waals surface area contributed by atoms with E-state index in [-0.39, 0.29) is 23.7 Å². The number of hydrogen-bond donors (Lipinski definition) is 3. The first-order valence-electron chi connectivity index (χ1n) is 11.4.